The van der Waals surface area contributed by atoms with Gasteiger partial charge in [0.15, 0.2) is 0 Å². The Kier molecular flexibility index (Phi) is 4.24. The van der Waals surface area contributed by atoms with Crippen molar-refractivity contribution < 1.29 is 14.6 Å². The zero-order chi connectivity index (χ0) is 16.2. The largest absolute Gasteiger partial charge is 0.488 e. The summed E-state index contributed by atoms with van der Waals surface area (Å²) in [4.78, 5) is 19.2. The molecular weight excluding hydrogens is 296 g/mol. The number of carbonyl (C=O) groups is 1. The van der Waals surface area contributed by atoms with Gasteiger partial charge >= 0.3 is 6.09 Å². The molecular formula is C16H16N4O3. The first-order valence-corrected chi connectivity index (χ1v) is 7.47. The fourth-order valence-corrected chi connectivity index (χ4v) is 2.90. The van der Waals surface area contributed by atoms with Crippen molar-refractivity contribution in [2.24, 2.45) is 0 Å². The molecule has 2 aromatic rings. The molecule has 1 aromatic carbocycles. The fraction of sp³-hybridized carbons (Fsp3) is 0.375. The predicted octanol–water partition coefficient (Wildman–Crippen LogP) is 2.46. The van der Waals surface area contributed by atoms with Crippen LogP contribution in [-0.4, -0.2) is 33.3 Å². The molecule has 0 atom stereocenters. The van der Waals surface area contributed by atoms with Gasteiger partial charge in [0.25, 0.3) is 0 Å². The molecule has 23 heavy (non-hydrogen) atoms. The van der Waals surface area contributed by atoms with Crippen LogP contribution in [-0.2, 0) is 0 Å². The lowest BCUT2D eigenvalue weighted by Gasteiger charge is -2.29. The first kappa shape index (κ1) is 15.0. The van der Waals surface area contributed by atoms with Crippen molar-refractivity contribution in [1.82, 2.24) is 15.3 Å². The third-order valence-corrected chi connectivity index (χ3v) is 4.00. The summed E-state index contributed by atoms with van der Waals surface area (Å²) in [5.74, 6) is 0.613. The smallest absolute Gasteiger partial charge is 0.404 e. The maximum absolute atomic E-state index is 10.7. The summed E-state index contributed by atoms with van der Waals surface area (Å²) in [5, 5.41) is 20.4. The number of hydrogen-bond acceptors (Lipinski definition) is 5. The normalized spacial score (nSPS) is 20.7. The van der Waals surface area contributed by atoms with Crippen LogP contribution in [0.5, 0.6) is 5.75 Å². The number of benzene rings is 1. The summed E-state index contributed by atoms with van der Waals surface area (Å²) < 4.78 is 6.03. The minimum absolute atomic E-state index is 0.00940. The van der Waals surface area contributed by atoms with Crippen LogP contribution >= 0.6 is 0 Å². The lowest BCUT2D eigenvalue weighted by atomic mass is 9.93. The third kappa shape index (κ3) is 3.31. The van der Waals surface area contributed by atoms with Gasteiger partial charge in [-0.15, -0.1) is 0 Å². The van der Waals surface area contributed by atoms with E-state index in [-0.39, 0.29) is 12.1 Å². The first-order valence-electron chi connectivity index (χ1n) is 7.47. The number of amides is 1. The Morgan fingerprint density at radius 2 is 1.91 bits per heavy atom. The van der Waals surface area contributed by atoms with Crippen LogP contribution in [0.15, 0.2) is 24.5 Å². The van der Waals surface area contributed by atoms with Crippen LogP contribution < -0.4 is 10.1 Å². The molecule has 1 fully saturated rings. The van der Waals surface area contributed by atoms with Crippen molar-refractivity contribution in [3.05, 3.63) is 30.1 Å². The van der Waals surface area contributed by atoms with E-state index in [9.17, 15) is 4.79 Å². The van der Waals surface area contributed by atoms with Gasteiger partial charge in [-0.2, -0.15) is 5.26 Å². The Balaban J connectivity index is 1.74. The van der Waals surface area contributed by atoms with Crippen molar-refractivity contribution in [3.8, 4) is 11.8 Å². The minimum Gasteiger partial charge on any atom is -0.488 e. The van der Waals surface area contributed by atoms with E-state index >= 15 is 0 Å². The SMILES string of the molecule is N#Cc1ccc(OC2CCC(NC(=O)O)CC2)c2nccnc12. The molecule has 0 spiro atoms. The van der Waals surface area contributed by atoms with E-state index in [1.54, 1.807) is 24.5 Å². The Morgan fingerprint density at radius 1 is 1.22 bits per heavy atom. The topological polar surface area (TPSA) is 108 Å². The van der Waals surface area contributed by atoms with Gasteiger partial charge in [0.2, 0.25) is 0 Å². The number of carboxylic acid groups (broad SMARTS) is 1. The highest BCUT2D eigenvalue weighted by atomic mass is 16.5. The Bertz CT molecular complexity index is 763. The quantitative estimate of drug-likeness (QED) is 0.901. The molecule has 1 saturated carbocycles. The van der Waals surface area contributed by atoms with E-state index in [2.05, 4.69) is 21.4 Å². The highest BCUT2D eigenvalue weighted by Gasteiger charge is 2.24. The van der Waals surface area contributed by atoms with Gasteiger partial charge in [0.05, 0.1) is 11.7 Å². The average molecular weight is 312 g/mol. The molecule has 0 radical (unpaired) electrons. The molecule has 0 bridgehead atoms. The number of nitriles is 1. The minimum atomic E-state index is -0.984. The molecule has 7 nitrogen and oxygen atoms in total. The summed E-state index contributed by atoms with van der Waals surface area (Å²) in [6.45, 7) is 0. The molecule has 7 heteroatoms. The van der Waals surface area contributed by atoms with Crippen LogP contribution in [0, 0.1) is 11.3 Å². The van der Waals surface area contributed by atoms with E-state index < -0.39 is 6.09 Å². The molecule has 0 aliphatic heterocycles. The van der Waals surface area contributed by atoms with Crippen molar-refractivity contribution in [1.29, 1.82) is 5.26 Å². The summed E-state index contributed by atoms with van der Waals surface area (Å²) >= 11 is 0. The Labute approximate surface area is 132 Å². The van der Waals surface area contributed by atoms with Crippen molar-refractivity contribution in [3.63, 3.8) is 0 Å². The van der Waals surface area contributed by atoms with Crippen LogP contribution in [0.1, 0.15) is 31.2 Å². The molecule has 118 valence electrons. The summed E-state index contributed by atoms with van der Waals surface area (Å²) in [6, 6.07) is 5.53. The summed E-state index contributed by atoms with van der Waals surface area (Å²) in [7, 11) is 0. The second kappa shape index (κ2) is 6.48. The van der Waals surface area contributed by atoms with Crippen LogP contribution in [0.3, 0.4) is 0 Å². The van der Waals surface area contributed by atoms with Crippen molar-refractivity contribution in [2.45, 2.75) is 37.8 Å². The molecule has 3 rings (SSSR count). The standard InChI is InChI=1S/C16H16N4O3/c17-9-10-1-6-13(15-14(10)18-7-8-19-15)23-12-4-2-11(3-5-12)20-16(21)22/h1,6-8,11-12,20H,2-5H2,(H,21,22). The van der Waals surface area contributed by atoms with Gasteiger partial charge in [0, 0.05) is 18.4 Å². The van der Waals surface area contributed by atoms with Crippen molar-refractivity contribution >= 4 is 17.1 Å². The van der Waals surface area contributed by atoms with Gasteiger partial charge < -0.3 is 15.2 Å². The number of ether oxygens (including phenoxy) is 1. The summed E-state index contributed by atoms with van der Waals surface area (Å²) in [6.07, 6.45) is 5.19. The number of rotatable bonds is 3. The first-order chi connectivity index (χ1) is 11.2. The van der Waals surface area contributed by atoms with Gasteiger partial charge in [-0.25, -0.2) is 9.78 Å². The van der Waals surface area contributed by atoms with E-state index in [1.807, 2.05) is 0 Å². The number of nitrogens with one attached hydrogen (secondary N) is 1. The Morgan fingerprint density at radius 3 is 2.57 bits per heavy atom. The molecule has 1 aliphatic rings. The molecule has 0 saturated heterocycles. The maximum atomic E-state index is 10.7. The van der Waals surface area contributed by atoms with E-state index in [0.717, 1.165) is 25.7 Å². The van der Waals surface area contributed by atoms with E-state index in [4.69, 9.17) is 15.1 Å². The van der Waals surface area contributed by atoms with Crippen molar-refractivity contribution in [2.75, 3.05) is 0 Å². The number of aromatic nitrogens is 2. The lowest BCUT2D eigenvalue weighted by Crippen LogP contribution is -2.38. The average Bonchev–Trinajstić information content (AvgIpc) is 2.56. The fourth-order valence-electron chi connectivity index (χ4n) is 2.90. The molecule has 1 heterocycles. The zero-order valence-electron chi connectivity index (χ0n) is 12.4. The predicted molar refractivity (Wildman–Crippen MR) is 82.1 cm³/mol. The lowest BCUT2D eigenvalue weighted by molar-refractivity contribution is 0.135. The van der Waals surface area contributed by atoms with Crippen LogP contribution in [0.4, 0.5) is 4.79 Å². The van der Waals surface area contributed by atoms with Gasteiger partial charge in [0.1, 0.15) is 22.9 Å². The van der Waals surface area contributed by atoms with E-state index in [1.165, 1.54) is 0 Å². The highest BCUT2D eigenvalue weighted by molar-refractivity contribution is 5.85. The summed E-state index contributed by atoms with van der Waals surface area (Å²) in [5.41, 5.74) is 1.58. The Hall–Kier alpha value is -2.88. The molecule has 1 amide bonds. The van der Waals surface area contributed by atoms with Gasteiger partial charge in [-0.1, -0.05) is 0 Å². The molecule has 0 unspecified atom stereocenters. The maximum Gasteiger partial charge on any atom is 0.404 e. The molecule has 1 aromatic heterocycles. The zero-order valence-corrected chi connectivity index (χ0v) is 12.4. The van der Waals surface area contributed by atoms with Crippen LogP contribution in [0.25, 0.3) is 11.0 Å². The molecule has 1 aliphatic carbocycles. The molecule has 2 N–H and O–H groups in total. The van der Waals surface area contributed by atoms with Crippen LogP contribution in [0.2, 0.25) is 0 Å². The monoisotopic (exact) mass is 312 g/mol. The number of fused-ring (bicyclic) bond motifs is 1. The van der Waals surface area contributed by atoms with Gasteiger partial charge in [-0.3, -0.25) is 4.98 Å². The van der Waals surface area contributed by atoms with E-state index in [0.29, 0.717) is 22.3 Å². The number of nitrogens with zero attached hydrogens (tertiary/aromatic N) is 3. The second-order valence-electron chi connectivity index (χ2n) is 5.52. The highest BCUT2D eigenvalue weighted by Crippen LogP contribution is 2.29. The third-order valence-electron chi connectivity index (χ3n) is 4.00. The second-order valence-corrected chi connectivity index (χ2v) is 5.52. The number of hydrogen-bond donors (Lipinski definition) is 2. The van der Waals surface area contributed by atoms with Gasteiger partial charge in [-0.05, 0) is 37.8 Å².